The van der Waals surface area contributed by atoms with Crippen molar-refractivity contribution in [1.82, 2.24) is 0 Å². The normalized spacial score (nSPS) is 11.3. The van der Waals surface area contributed by atoms with Crippen molar-refractivity contribution in [3.63, 3.8) is 0 Å². The summed E-state index contributed by atoms with van der Waals surface area (Å²) >= 11 is 0. The number of methoxy groups -OCH3 is 2. The monoisotopic (exact) mass is 379 g/mol. The standard InChI is InChI=1S/C19H16F3NO4/c1-26-13-9-12(10-14(11-13)27-2)7-8-17(24)15-5-3-4-6-16(15)23-18(25)19(20,21)22/h3-11H,1-2H3,(H,23,25)/b8-7+. The second-order valence-corrected chi connectivity index (χ2v) is 5.34. The molecule has 0 saturated heterocycles. The van der Waals surface area contributed by atoms with Gasteiger partial charge in [-0.05, 0) is 35.9 Å². The third-order valence-corrected chi connectivity index (χ3v) is 3.50. The molecule has 0 radical (unpaired) electrons. The third-order valence-electron chi connectivity index (χ3n) is 3.50. The summed E-state index contributed by atoms with van der Waals surface area (Å²) in [5.41, 5.74) is 0.301. The summed E-state index contributed by atoms with van der Waals surface area (Å²) in [5, 5.41) is 1.71. The molecule has 0 aromatic heterocycles. The first-order chi connectivity index (χ1) is 12.7. The molecule has 142 valence electrons. The fourth-order valence-electron chi connectivity index (χ4n) is 2.19. The number of allylic oxidation sites excluding steroid dienone is 1. The van der Waals surface area contributed by atoms with Gasteiger partial charge in [-0.1, -0.05) is 18.2 Å². The van der Waals surface area contributed by atoms with Crippen LogP contribution in [0.25, 0.3) is 6.08 Å². The van der Waals surface area contributed by atoms with E-state index in [1.807, 2.05) is 0 Å². The van der Waals surface area contributed by atoms with Crippen molar-refractivity contribution in [3.8, 4) is 11.5 Å². The first-order valence-electron chi connectivity index (χ1n) is 7.67. The van der Waals surface area contributed by atoms with Gasteiger partial charge in [0.2, 0.25) is 0 Å². The number of hydrogen-bond acceptors (Lipinski definition) is 4. The Balaban J connectivity index is 2.26. The Bertz CT molecular complexity index is 853. The maximum atomic E-state index is 12.4. The van der Waals surface area contributed by atoms with Gasteiger partial charge < -0.3 is 14.8 Å². The zero-order valence-corrected chi connectivity index (χ0v) is 14.5. The van der Waals surface area contributed by atoms with Gasteiger partial charge in [-0.2, -0.15) is 13.2 Å². The van der Waals surface area contributed by atoms with Crippen LogP contribution in [0.4, 0.5) is 18.9 Å². The molecule has 2 rings (SSSR count). The van der Waals surface area contributed by atoms with E-state index >= 15 is 0 Å². The topological polar surface area (TPSA) is 64.6 Å². The number of benzene rings is 2. The average molecular weight is 379 g/mol. The van der Waals surface area contributed by atoms with Gasteiger partial charge in [-0.3, -0.25) is 9.59 Å². The highest BCUT2D eigenvalue weighted by Crippen LogP contribution is 2.24. The van der Waals surface area contributed by atoms with Gasteiger partial charge in [0.05, 0.1) is 19.9 Å². The summed E-state index contributed by atoms with van der Waals surface area (Å²) in [4.78, 5) is 23.5. The lowest BCUT2D eigenvalue weighted by Gasteiger charge is -2.10. The molecule has 0 saturated carbocycles. The maximum absolute atomic E-state index is 12.4. The second-order valence-electron chi connectivity index (χ2n) is 5.34. The van der Waals surface area contributed by atoms with Crippen LogP contribution in [0, 0.1) is 0 Å². The highest BCUT2D eigenvalue weighted by molar-refractivity contribution is 6.12. The quantitative estimate of drug-likeness (QED) is 0.606. The van der Waals surface area contributed by atoms with E-state index in [1.165, 1.54) is 50.6 Å². The summed E-state index contributed by atoms with van der Waals surface area (Å²) in [5.74, 6) is -1.70. The van der Waals surface area contributed by atoms with Crippen molar-refractivity contribution in [2.75, 3.05) is 19.5 Å². The fraction of sp³-hybridized carbons (Fsp3) is 0.158. The van der Waals surface area contributed by atoms with Gasteiger partial charge in [-0.15, -0.1) is 0 Å². The number of rotatable bonds is 6. The van der Waals surface area contributed by atoms with Crippen molar-refractivity contribution in [1.29, 1.82) is 0 Å². The molecule has 1 N–H and O–H groups in total. The Morgan fingerprint density at radius 1 is 1.00 bits per heavy atom. The first kappa shape index (κ1) is 20.0. The predicted molar refractivity (Wildman–Crippen MR) is 94.0 cm³/mol. The lowest BCUT2D eigenvalue weighted by molar-refractivity contribution is -0.167. The number of carbonyl (C=O) groups excluding carboxylic acids is 2. The molecule has 5 nitrogen and oxygen atoms in total. The van der Waals surface area contributed by atoms with Crippen molar-refractivity contribution in [2.24, 2.45) is 0 Å². The summed E-state index contributed by atoms with van der Waals surface area (Å²) in [7, 11) is 2.96. The van der Waals surface area contributed by atoms with E-state index in [9.17, 15) is 22.8 Å². The molecule has 0 bridgehead atoms. The van der Waals surface area contributed by atoms with Crippen molar-refractivity contribution >= 4 is 23.5 Å². The Morgan fingerprint density at radius 3 is 2.15 bits per heavy atom. The van der Waals surface area contributed by atoms with Crippen molar-refractivity contribution in [2.45, 2.75) is 6.18 Å². The lowest BCUT2D eigenvalue weighted by atomic mass is 10.1. The molecular formula is C19H16F3NO4. The molecular weight excluding hydrogens is 363 g/mol. The molecule has 0 spiro atoms. The third kappa shape index (κ3) is 5.34. The molecule has 0 aliphatic rings. The Kier molecular flexibility index (Phi) is 6.23. The minimum absolute atomic E-state index is 0.0683. The van der Waals surface area contributed by atoms with Crippen molar-refractivity contribution in [3.05, 3.63) is 59.7 Å². The Morgan fingerprint density at radius 2 is 1.59 bits per heavy atom. The first-order valence-corrected chi connectivity index (χ1v) is 7.67. The van der Waals surface area contributed by atoms with Gasteiger partial charge in [0.15, 0.2) is 5.78 Å². The van der Waals surface area contributed by atoms with Crippen molar-refractivity contribution < 1.29 is 32.2 Å². The summed E-state index contributed by atoms with van der Waals surface area (Å²) in [6, 6.07) is 10.4. The molecule has 1 amide bonds. The molecule has 0 unspecified atom stereocenters. The van der Waals surface area contributed by atoms with E-state index in [0.717, 1.165) is 0 Å². The van der Waals surface area contributed by atoms with E-state index in [4.69, 9.17) is 9.47 Å². The van der Waals surface area contributed by atoms with Crippen LogP contribution < -0.4 is 14.8 Å². The number of ether oxygens (including phenoxy) is 2. The number of para-hydroxylation sites is 1. The van der Waals surface area contributed by atoms with Gasteiger partial charge in [0.25, 0.3) is 0 Å². The van der Waals surface area contributed by atoms with E-state index in [1.54, 1.807) is 23.5 Å². The Hall–Kier alpha value is -3.29. The lowest BCUT2D eigenvalue weighted by Crippen LogP contribution is -2.30. The van der Waals surface area contributed by atoms with E-state index in [-0.39, 0.29) is 11.3 Å². The number of alkyl halides is 3. The van der Waals surface area contributed by atoms with Crippen LogP contribution in [0.15, 0.2) is 48.5 Å². The number of hydrogen-bond donors (Lipinski definition) is 1. The van der Waals surface area contributed by atoms with Crippen LogP contribution in [0.1, 0.15) is 15.9 Å². The minimum atomic E-state index is -5.05. The van der Waals surface area contributed by atoms with Crippen LogP contribution in [-0.2, 0) is 4.79 Å². The van der Waals surface area contributed by atoms with Gasteiger partial charge in [0, 0.05) is 11.6 Å². The zero-order valence-electron chi connectivity index (χ0n) is 14.5. The molecule has 2 aromatic carbocycles. The summed E-state index contributed by atoms with van der Waals surface area (Å²) < 4.78 is 47.6. The maximum Gasteiger partial charge on any atom is 0.471 e. The SMILES string of the molecule is COc1cc(/C=C/C(=O)c2ccccc2NC(=O)C(F)(F)F)cc(OC)c1. The molecule has 0 atom stereocenters. The largest absolute Gasteiger partial charge is 0.497 e. The number of carbonyl (C=O) groups is 2. The van der Waals surface area contributed by atoms with Crippen LogP contribution in [-0.4, -0.2) is 32.1 Å². The van der Waals surface area contributed by atoms with Gasteiger partial charge >= 0.3 is 12.1 Å². The molecule has 0 aliphatic heterocycles. The Labute approximate surface area is 153 Å². The zero-order chi connectivity index (χ0) is 20.0. The summed E-state index contributed by atoms with van der Waals surface area (Å²) in [6.07, 6.45) is -2.40. The van der Waals surface area contributed by atoms with Crippen LogP contribution in [0.3, 0.4) is 0 Å². The van der Waals surface area contributed by atoms with Crippen LogP contribution >= 0.6 is 0 Å². The molecule has 8 heteroatoms. The van der Waals surface area contributed by atoms with Gasteiger partial charge in [0.1, 0.15) is 11.5 Å². The van der Waals surface area contributed by atoms with Crippen LogP contribution in [0.5, 0.6) is 11.5 Å². The molecule has 0 fully saturated rings. The number of ketones is 1. The number of halogens is 3. The molecule has 27 heavy (non-hydrogen) atoms. The molecule has 0 heterocycles. The van der Waals surface area contributed by atoms with Gasteiger partial charge in [-0.25, -0.2) is 0 Å². The number of anilines is 1. The molecule has 2 aromatic rings. The minimum Gasteiger partial charge on any atom is -0.497 e. The highest BCUT2D eigenvalue weighted by atomic mass is 19.4. The van der Waals surface area contributed by atoms with E-state index < -0.39 is 17.9 Å². The summed E-state index contributed by atoms with van der Waals surface area (Å²) in [6.45, 7) is 0. The molecule has 0 aliphatic carbocycles. The van der Waals surface area contributed by atoms with E-state index in [2.05, 4.69) is 0 Å². The van der Waals surface area contributed by atoms with Crippen LogP contribution in [0.2, 0.25) is 0 Å². The number of amides is 1. The average Bonchev–Trinajstić information content (AvgIpc) is 2.65. The number of nitrogens with one attached hydrogen (secondary N) is 1. The smallest absolute Gasteiger partial charge is 0.471 e. The predicted octanol–water partition coefficient (Wildman–Crippen LogP) is 4.10. The highest BCUT2D eigenvalue weighted by Gasteiger charge is 2.39. The van der Waals surface area contributed by atoms with E-state index in [0.29, 0.717) is 17.1 Å². The second kappa shape index (κ2) is 8.39. The fourth-order valence-corrected chi connectivity index (χ4v) is 2.19.